The molecule has 0 spiro atoms. The van der Waals surface area contributed by atoms with Crippen LogP contribution < -0.4 is 10.1 Å². The Hall–Kier alpha value is -3.02. The van der Waals surface area contributed by atoms with Crippen molar-refractivity contribution in [1.82, 2.24) is 30.2 Å². The van der Waals surface area contributed by atoms with Crippen molar-refractivity contribution in [3.05, 3.63) is 56.8 Å². The van der Waals surface area contributed by atoms with Gasteiger partial charge in [0.25, 0.3) is 5.91 Å². The molecule has 0 unspecified atom stereocenters. The standard InChI is InChI=1S/C23H25ClN6O4S/c1-14-25-16(13-35-14)8-22(31)29-10-19-21(11-29)34-12-17-9-30(28-27-17)5-2-6-33-20-7-15(23(32)26-19)3-4-18(20)24/h3-4,7,9,13,19,21H,2,5-6,8,10-12H2,1H3,(H,26,32)/t19-,21-/m0/s1. The Morgan fingerprint density at radius 2 is 2.23 bits per heavy atom. The van der Waals surface area contributed by atoms with Gasteiger partial charge in [-0.15, -0.1) is 16.4 Å². The topological polar surface area (TPSA) is 111 Å². The maximum absolute atomic E-state index is 13.1. The van der Waals surface area contributed by atoms with Gasteiger partial charge >= 0.3 is 0 Å². The molecule has 12 heteroatoms. The van der Waals surface area contributed by atoms with Crippen LogP contribution in [0.1, 0.15) is 33.2 Å². The maximum Gasteiger partial charge on any atom is 0.251 e. The summed E-state index contributed by atoms with van der Waals surface area (Å²) in [5.74, 6) is 0.104. The number of hydrogen-bond acceptors (Lipinski definition) is 8. The number of rotatable bonds is 2. The van der Waals surface area contributed by atoms with Crippen LogP contribution in [-0.4, -0.2) is 68.5 Å². The predicted octanol–water partition coefficient (Wildman–Crippen LogP) is 2.25. The molecule has 2 aromatic heterocycles. The van der Waals surface area contributed by atoms with Gasteiger partial charge in [0.15, 0.2) is 0 Å². The van der Waals surface area contributed by atoms with E-state index in [0.717, 1.165) is 10.7 Å². The molecule has 2 amide bonds. The van der Waals surface area contributed by atoms with Crippen LogP contribution in [0.25, 0.3) is 0 Å². The summed E-state index contributed by atoms with van der Waals surface area (Å²) >= 11 is 7.79. The smallest absolute Gasteiger partial charge is 0.251 e. The largest absolute Gasteiger partial charge is 0.492 e. The number of thiazole rings is 1. The predicted molar refractivity (Wildman–Crippen MR) is 129 cm³/mol. The first-order valence-corrected chi connectivity index (χ1v) is 12.6. The second kappa shape index (κ2) is 10.3. The number of halogens is 1. The number of amides is 2. The van der Waals surface area contributed by atoms with Crippen LogP contribution >= 0.6 is 22.9 Å². The molecule has 1 aromatic carbocycles. The molecular weight excluding hydrogens is 492 g/mol. The molecule has 2 aliphatic heterocycles. The second-order valence-electron chi connectivity index (χ2n) is 8.58. The number of aromatic nitrogens is 4. The first-order valence-electron chi connectivity index (χ1n) is 11.4. The Labute approximate surface area is 211 Å². The van der Waals surface area contributed by atoms with E-state index in [1.165, 1.54) is 11.3 Å². The number of hydrogen-bond donors (Lipinski definition) is 1. The minimum absolute atomic E-state index is 0.0559. The molecule has 2 aliphatic rings. The molecule has 4 heterocycles. The van der Waals surface area contributed by atoms with Crippen molar-refractivity contribution >= 4 is 34.8 Å². The number of nitrogens with zero attached hydrogens (tertiary/aromatic N) is 5. The average molecular weight is 517 g/mol. The van der Waals surface area contributed by atoms with Crippen LogP contribution in [0, 0.1) is 6.92 Å². The fourth-order valence-electron chi connectivity index (χ4n) is 4.16. The number of nitrogens with one attached hydrogen (secondary N) is 1. The number of ether oxygens (including phenoxy) is 2. The molecule has 10 nitrogen and oxygen atoms in total. The van der Waals surface area contributed by atoms with Gasteiger partial charge in [0, 0.05) is 37.0 Å². The van der Waals surface area contributed by atoms with Crippen LogP contribution in [-0.2, 0) is 29.1 Å². The highest BCUT2D eigenvalue weighted by Gasteiger charge is 2.37. The summed E-state index contributed by atoms with van der Waals surface area (Å²) in [6, 6.07) is 4.54. The summed E-state index contributed by atoms with van der Waals surface area (Å²) in [5, 5.41) is 14.6. The molecule has 184 valence electrons. The lowest BCUT2D eigenvalue weighted by Gasteiger charge is -2.20. The number of benzene rings is 1. The van der Waals surface area contributed by atoms with E-state index in [9.17, 15) is 9.59 Å². The van der Waals surface area contributed by atoms with Crippen molar-refractivity contribution in [1.29, 1.82) is 0 Å². The molecule has 0 saturated carbocycles. The fraction of sp³-hybridized carbons (Fsp3) is 0.435. The Morgan fingerprint density at radius 1 is 1.34 bits per heavy atom. The average Bonchev–Trinajstić information content (AvgIpc) is 3.56. The Morgan fingerprint density at radius 3 is 3.06 bits per heavy atom. The van der Waals surface area contributed by atoms with E-state index in [1.807, 2.05) is 18.5 Å². The first-order chi connectivity index (χ1) is 16.9. The number of fused-ring (bicyclic) bond motifs is 5. The molecule has 5 rings (SSSR count). The summed E-state index contributed by atoms with van der Waals surface area (Å²) in [5.41, 5.74) is 1.85. The highest BCUT2D eigenvalue weighted by Crippen LogP contribution is 2.26. The van der Waals surface area contributed by atoms with E-state index in [0.29, 0.717) is 54.7 Å². The minimum atomic E-state index is -0.402. The Bertz CT molecular complexity index is 1230. The van der Waals surface area contributed by atoms with E-state index >= 15 is 0 Å². The van der Waals surface area contributed by atoms with Crippen LogP contribution in [0.5, 0.6) is 5.75 Å². The summed E-state index contributed by atoms with van der Waals surface area (Å²) in [6.45, 7) is 3.87. The maximum atomic E-state index is 13.1. The molecule has 1 fully saturated rings. The molecule has 1 N–H and O–H groups in total. The summed E-state index contributed by atoms with van der Waals surface area (Å²) in [4.78, 5) is 32.2. The lowest BCUT2D eigenvalue weighted by molar-refractivity contribution is -0.130. The zero-order chi connectivity index (χ0) is 24.4. The highest BCUT2D eigenvalue weighted by molar-refractivity contribution is 7.09. The van der Waals surface area contributed by atoms with E-state index in [-0.39, 0.29) is 24.8 Å². The van der Waals surface area contributed by atoms with Gasteiger partial charge < -0.3 is 19.7 Å². The van der Waals surface area contributed by atoms with Gasteiger partial charge in [-0.3, -0.25) is 14.3 Å². The molecule has 3 aromatic rings. The zero-order valence-electron chi connectivity index (χ0n) is 19.1. The Balaban J connectivity index is 1.36. The number of likely N-dealkylation sites (tertiary alicyclic amines) is 1. The van der Waals surface area contributed by atoms with E-state index in [1.54, 1.807) is 27.8 Å². The normalized spacial score (nSPS) is 20.7. The van der Waals surface area contributed by atoms with Crippen LogP contribution in [0.2, 0.25) is 5.02 Å². The highest BCUT2D eigenvalue weighted by atomic mass is 35.5. The lowest BCUT2D eigenvalue weighted by atomic mass is 10.1. The van der Waals surface area contributed by atoms with Gasteiger partial charge in [-0.2, -0.15) is 0 Å². The second-order valence-corrected chi connectivity index (χ2v) is 10.1. The van der Waals surface area contributed by atoms with Crippen LogP contribution in [0.4, 0.5) is 0 Å². The van der Waals surface area contributed by atoms with Crippen molar-refractivity contribution in [2.45, 2.75) is 45.1 Å². The third-order valence-electron chi connectivity index (χ3n) is 5.95. The van der Waals surface area contributed by atoms with Crippen molar-refractivity contribution in [3.8, 4) is 5.75 Å². The monoisotopic (exact) mass is 516 g/mol. The quantitative estimate of drug-likeness (QED) is 0.556. The molecule has 0 radical (unpaired) electrons. The van der Waals surface area contributed by atoms with E-state index in [4.69, 9.17) is 21.1 Å². The fourth-order valence-corrected chi connectivity index (χ4v) is 4.95. The summed E-state index contributed by atoms with van der Waals surface area (Å²) in [7, 11) is 0. The molecule has 0 aliphatic carbocycles. The number of aryl methyl sites for hydroxylation is 2. The molecule has 4 bridgehead atoms. The van der Waals surface area contributed by atoms with Crippen molar-refractivity contribution in [2.24, 2.45) is 0 Å². The van der Waals surface area contributed by atoms with E-state index in [2.05, 4.69) is 20.6 Å². The SMILES string of the molecule is Cc1nc(CC(=O)N2C[C@@H]3NC(=O)c4ccc(Cl)c(c4)OCCCn4cc(nn4)CO[C@H]3C2)cs1. The van der Waals surface area contributed by atoms with Crippen LogP contribution in [0.3, 0.4) is 0 Å². The lowest BCUT2D eigenvalue weighted by Crippen LogP contribution is -2.44. The van der Waals surface area contributed by atoms with Crippen LogP contribution in [0.15, 0.2) is 29.8 Å². The van der Waals surface area contributed by atoms with Gasteiger partial charge in [-0.25, -0.2) is 4.98 Å². The first kappa shape index (κ1) is 23.7. The third-order valence-corrected chi connectivity index (χ3v) is 7.08. The van der Waals surface area contributed by atoms with Gasteiger partial charge in [0.05, 0.1) is 53.7 Å². The molecule has 35 heavy (non-hydrogen) atoms. The Kier molecular flexibility index (Phi) is 6.98. The minimum Gasteiger partial charge on any atom is -0.492 e. The number of carbonyl (C=O) groups excluding carboxylic acids is 2. The third kappa shape index (κ3) is 5.63. The zero-order valence-corrected chi connectivity index (χ0v) is 20.7. The van der Waals surface area contributed by atoms with Gasteiger partial charge in [-0.05, 0) is 25.1 Å². The van der Waals surface area contributed by atoms with Gasteiger partial charge in [0.2, 0.25) is 5.91 Å². The summed E-state index contributed by atoms with van der Waals surface area (Å²) in [6.07, 6.45) is 2.33. The van der Waals surface area contributed by atoms with Gasteiger partial charge in [-0.1, -0.05) is 16.8 Å². The molecular formula is C23H25ClN6O4S. The number of carbonyl (C=O) groups is 2. The molecule has 1 saturated heterocycles. The molecule has 2 atom stereocenters. The van der Waals surface area contributed by atoms with Crippen molar-refractivity contribution in [3.63, 3.8) is 0 Å². The van der Waals surface area contributed by atoms with Gasteiger partial charge in [0.1, 0.15) is 11.4 Å². The summed E-state index contributed by atoms with van der Waals surface area (Å²) < 4.78 is 13.7. The van der Waals surface area contributed by atoms with Crippen molar-refractivity contribution in [2.75, 3.05) is 19.7 Å². The van der Waals surface area contributed by atoms with E-state index < -0.39 is 12.1 Å². The van der Waals surface area contributed by atoms with Crippen molar-refractivity contribution < 1.29 is 19.1 Å².